The number of rotatable bonds is 0. The summed E-state index contributed by atoms with van der Waals surface area (Å²) in [5, 5.41) is 12.1. The molecule has 0 aliphatic rings. The Balaban J connectivity index is 0. The lowest BCUT2D eigenvalue weighted by Crippen LogP contribution is -1.97. The molecule has 6 nitrogen and oxygen atoms in total. The first-order chi connectivity index (χ1) is 5.89. The SMILES string of the molecule is Bc1ccccc1.O.O.c1nnn[nH]1. The summed E-state index contributed by atoms with van der Waals surface area (Å²) >= 11 is 0. The van der Waals surface area contributed by atoms with Crippen LogP contribution in [0, 0.1) is 0 Å². The number of H-pyrrole nitrogens is 1. The van der Waals surface area contributed by atoms with Gasteiger partial charge in [-0.2, -0.15) is 0 Å². The van der Waals surface area contributed by atoms with Crippen molar-refractivity contribution in [3.05, 3.63) is 36.7 Å². The van der Waals surface area contributed by atoms with E-state index in [0.29, 0.717) is 0 Å². The van der Waals surface area contributed by atoms with Gasteiger partial charge in [-0.1, -0.05) is 35.8 Å². The van der Waals surface area contributed by atoms with Gasteiger partial charge in [-0.3, -0.25) is 0 Å². The second-order valence-corrected chi connectivity index (χ2v) is 2.22. The van der Waals surface area contributed by atoms with Gasteiger partial charge in [-0.15, -0.1) is 5.10 Å². The van der Waals surface area contributed by atoms with Crippen LogP contribution in [0.3, 0.4) is 0 Å². The minimum absolute atomic E-state index is 0. The number of aromatic amines is 1. The van der Waals surface area contributed by atoms with Crippen LogP contribution in [0.15, 0.2) is 36.7 Å². The molecule has 2 aromatic rings. The van der Waals surface area contributed by atoms with Gasteiger partial charge in [0.25, 0.3) is 0 Å². The number of hydrogen-bond donors (Lipinski definition) is 1. The molecule has 0 unspecified atom stereocenters. The lowest BCUT2D eigenvalue weighted by molar-refractivity contribution is 0.823. The van der Waals surface area contributed by atoms with Crippen molar-refractivity contribution in [3.63, 3.8) is 0 Å². The van der Waals surface area contributed by atoms with Crippen LogP contribution in [0.25, 0.3) is 0 Å². The highest BCUT2D eigenvalue weighted by atomic mass is 16.0. The molecule has 2 rings (SSSR count). The summed E-state index contributed by atoms with van der Waals surface area (Å²) in [6, 6.07) is 10.3. The molecule has 76 valence electrons. The summed E-state index contributed by atoms with van der Waals surface area (Å²) in [6.45, 7) is 0. The molecule has 7 heteroatoms. The molecule has 1 heterocycles. The molecule has 0 saturated carbocycles. The zero-order chi connectivity index (χ0) is 8.65. The van der Waals surface area contributed by atoms with Crippen molar-refractivity contribution >= 4 is 13.3 Å². The first-order valence-electron chi connectivity index (χ1n) is 3.58. The maximum Gasteiger partial charge on any atom is 0.139 e. The van der Waals surface area contributed by atoms with Gasteiger partial charge in [-0.05, 0) is 10.4 Å². The quantitative estimate of drug-likeness (QED) is 0.469. The van der Waals surface area contributed by atoms with Crippen LogP contribution in [0.5, 0.6) is 0 Å². The van der Waals surface area contributed by atoms with E-state index in [4.69, 9.17) is 0 Å². The molecule has 0 aliphatic heterocycles. The number of nitrogens with zero attached hydrogens (tertiary/aromatic N) is 3. The highest BCUT2D eigenvalue weighted by Gasteiger charge is 1.72. The number of hydrogen-bond acceptors (Lipinski definition) is 3. The molecule has 0 amide bonds. The molecular weight excluding hydrogens is 183 g/mol. The molecule has 0 bridgehead atoms. The van der Waals surface area contributed by atoms with E-state index in [1.54, 1.807) is 0 Å². The van der Waals surface area contributed by atoms with E-state index in [9.17, 15) is 0 Å². The number of nitrogens with one attached hydrogen (secondary N) is 1. The van der Waals surface area contributed by atoms with E-state index in [2.05, 4.69) is 40.6 Å². The molecule has 1 aromatic heterocycles. The third kappa shape index (κ3) is 6.95. The van der Waals surface area contributed by atoms with Crippen LogP contribution in [0.4, 0.5) is 0 Å². The monoisotopic (exact) mass is 196 g/mol. The topological polar surface area (TPSA) is 117 Å². The van der Waals surface area contributed by atoms with Gasteiger partial charge < -0.3 is 11.0 Å². The fourth-order valence-electron chi connectivity index (χ4n) is 0.663. The Morgan fingerprint density at radius 2 is 1.71 bits per heavy atom. The number of aromatic nitrogens is 4. The van der Waals surface area contributed by atoms with Gasteiger partial charge in [-0.25, -0.2) is 5.10 Å². The molecule has 0 radical (unpaired) electrons. The van der Waals surface area contributed by atoms with E-state index in [-0.39, 0.29) is 11.0 Å². The molecule has 0 fully saturated rings. The molecule has 0 spiro atoms. The van der Waals surface area contributed by atoms with Gasteiger partial charge in [0.2, 0.25) is 0 Å². The zero-order valence-electron chi connectivity index (χ0n) is 7.81. The Morgan fingerprint density at radius 1 is 1.07 bits per heavy atom. The molecule has 0 atom stereocenters. The number of tetrazole rings is 1. The normalized spacial score (nSPS) is 7.14. The molecule has 0 aliphatic carbocycles. The van der Waals surface area contributed by atoms with E-state index in [1.807, 2.05) is 18.2 Å². The maximum atomic E-state index is 3.31. The van der Waals surface area contributed by atoms with Crippen molar-refractivity contribution in [3.8, 4) is 0 Å². The predicted octanol–water partition coefficient (Wildman–Crippen LogP) is -2.50. The van der Waals surface area contributed by atoms with Crippen LogP contribution in [-0.2, 0) is 0 Å². The van der Waals surface area contributed by atoms with E-state index in [0.717, 1.165) is 0 Å². The first-order valence-corrected chi connectivity index (χ1v) is 3.58. The minimum Gasteiger partial charge on any atom is -0.412 e. The second-order valence-electron chi connectivity index (χ2n) is 2.22. The summed E-state index contributed by atoms with van der Waals surface area (Å²) in [4.78, 5) is 0. The number of benzene rings is 1. The van der Waals surface area contributed by atoms with Crippen LogP contribution in [0.2, 0.25) is 0 Å². The lowest BCUT2D eigenvalue weighted by Gasteiger charge is -1.82. The van der Waals surface area contributed by atoms with Crippen LogP contribution >= 0.6 is 0 Å². The Hall–Kier alpha value is -1.73. The summed E-state index contributed by atoms with van der Waals surface area (Å²) in [6.07, 6.45) is 1.40. The average Bonchev–Trinajstić information content (AvgIpc) is 2.62. The molecule has 14 heavy (non-hydrogen) atoms. The van der Waals surface area contributed by atoms with Crippen molar-refractivity contribution in [2.45, 2.75) is 0 Å². The fourth-order valence-corrected chi connectivity index (χ4v) is 0.663. The molecule has 1 aromatic carbocycles. The van der Waals surface area contributed by atoms with Crippen LogP contribution in [-0.4, -0.2) is 39.4 Å². The van der Waals surface area contributed by atoms with Crippen molar-refractivity contribution in [2.24, 2.45) is 0 Å². The van der Waals surface area contributed by atoms with Crippen molar-refractivity contribution in [1.29, 1.82) is 0 Å². The van der Waals surface area contributed by atoms with Gasteiger partial charge in [0.1, 0.15) is 14.2 Å². The summed E-state index contributed by atoms with van der Waals surface area (Å²) in [7, 11) is 2.08. The van der Waals surface area contributed by atoms with E-state index < -0.39 is 0 Å². The third-order valence-corrected chi connectivity index (χ3v) is 1.21. The largest absolute Gasteiger partial charge is 0.412 e. The fraction of sp³-hybridized carbons (Fsp3) is 0. The maximum absolute atomic E-state index is 3.31. The highest BCUT2D eigenvalue weighted by Crippen LogP contribution is 1.76. The third-order valence-electron chi connectivity index (χ3n) is 1.21. The average molecular weight is 196 g/mol. The molecule has 0 saturated heterocycles. The second kappa shape index (κ2) is 9.36. The smallest absolute Gasteiger partial charge is 0.139 e. The van der Waals surface area contributed by atoms with E-state index in [1.165, 1.54) is 11.8 Å². The Morgan fingerprint density at radius 3 is 1.93 bits per heavy atom. The van der Waals surface area contributed by atoms with E-state index >= 15 is 0 Å². The van der Waals surface area contributed by atoms with Crippen LogP contribution in [0.1, 0.15) is 0 Å². The lowest BCUT2D eigenvalue weighted by atomic mass is 9.97. The van der Waals surface area contributed by atoms with Gasteiger partial charge in [0.05, 0.1) is 0 Å². The summed E-state index contributed by atoms with van der Waals surface area (Å²) in [5.41, 5.74) is 1.32. The van der Waals surface area contributed by atoms with Gasteiger partial charge >= 0.3 is 0 Å². The Kier molecular flexibility index (Phi) is 9.89. The van der Waals surface area contributed by atoms with Crippen molar-refractivity contribution < 1.29 is 11.0 Å². The Labute approximate surface area is 82.4 Å². The highest BCUT2D eigenvalue weighted by molar-refractivity contribution is 6.32. The first kappa shape index (κ1) is 14.8. The summed E-state index contributed by atoms with van der Waals surface area (Å²) in [5.74, 6) is 0. The predicted molar refractivity (Wildman–Crippen MR) is 56.0 cm³/mol. The minimum atomic E-state index is 0. The van der Waals surface area contributed by atoms with Gasteiger partial charge in [0, 0.05) is 0 Å². The summed E-state index contributed by atoms with van der Waals surface area (Å²) < 4.78 is 0. The molecular formula is C7H13BN4O2. The molecule has 5 N–H and O–H groups in total. The van der Waals surface area contributed by atoms with Crippen LogP contribution < -0.4 is 5.46 Å². The Bertz CT molecular complexity index is 272. The van der Waals surface area contributed by atoms with Crippen molar-refractivity contribution in [1.82, 2.24) is 20.6 Å². The van der Waals surface area contributed by atoms with Gasteiger partial charge in [0.15, 0.2) is 0 Å². The standard InChI is InChI=1S/C6H7B.CH2N4.2H2O/c7-6-4-2-1-3-5-6;1-2-4-5-3-1;;/h1-5H,7H2;1H,(H,2,3,4,5);2*1H2. The zero-order valence-corrected chi connectivity index (χ0v) is 7.81. The van der Waals surface area contributed by atoms with Crippen molar-refractivity contribution in [2.75, 3.05) is 0 Å².